The predicted octanol–water partition coefficient (Wildman–Crippen LogP) is 3.71. The Morgan fingerprint density at radius 2 is 2.00 bits per heavy atom. The minimum absolute atomic E-state index is 0.527. The highest BCUT2D eigenvalue weighted by Gasteiger charge is 2.21. The number of ether oxygens (including phenoxy) is 1. The summed E-state index contributed by atoms with van der Waals surface area (Å²) in [6.07, 6.45) is 6.40. The minimum atomic E-state index is 0.527. The SMILES string of the molecule is CCNc1nc(C2CCCCC2)nc(COC)c1I. The van der Waals surface area contributed by atoms with E-state index in [0.29, 0.717) is 12.5 Å². The number of aromatic nitrogens is 2. The Hall–Kier alpha value is -0.430. The topological polar surface area (TPSA) is 47.0 Å². The van der Waals surface area contributed by atoms with Crippen LogP contribution in [0.2, 0.25) is 0 Å². The molecule has 2 rings (SSSR count). The van der Waals surface area contributed by atoms with Gasteiger partial charge in [-0.1, -0.05) is 19.3 Å². The molecule has 0 bridgehead atoms. The molecule has 19 heavy (non-hydrogen) atoms. The molecule has 1 aliphatic rings. The third-order valence-electron chi connectivity index (χ3n) is 3.53. The van der Waals surface area contributed by atoms with Crippen LogP contribution in [0.15, 0.2) is 0 Å². The lowest BCUT2D eigenvalue weighted by Crippen LogP contribution is -2.14. The van der Waals surface area contributed by atoms with Crippen LogP contribution in [0.3, 0.4) is 0 Å². The summed E-state index contributed by atoms with van der Waals surface area (Å²) >= 11 is 2.31. The highest BCUT2D eigenvalue weighted by Crippen LogP contribution is 2.32. The first kappa shape index (κ1) is 15.0. The summed E-state index contributed by atoms with van der Waals surface area (Å²) in [5, 5.41) is 3.34. The first-order valence-electron chi connectivity index (χ1n) is 7.05. The van der Waals surface area contributed by atoms with E-state index in [2.05, 4.69) is 34.8 Å². The Balaban J connectivity index is 2.30. The molecule has 106 valence electrons. The third kappa shape index (κ3) is 3.78. The lowest BCUT2D eigenvalue weighted by molar-refractivity contribution is 0.180. The van der Waals surface area contributed by atoms with Crippen LogP contribution in [0.5, 0.6) is 0 Å². The molecule has 0 spiro atoms. The van der Waals surface area contributed by atoms with Gasteiger partial charge in [0.15, 0.2) is 0 Å². The number of hydrogen-bond donors (Lipinski definition) is 1. The molecule has 1 aromatic rings. The molecule has 1 saturated carbocycles. The van der Waals surface area contributed by atoms with E-state index in [1.165, 1.54) is 32.1 Å². The zero-order chi connectivity index (χ0) is 13.7. The molecule has 0 aromatic carbocycles. The van der Waals surface area contributed by atoms with E-state index in [0.717, 1.165) is 27.5 Å². The fourth-order valence-electron chi connectivity index (χ4n) is 2.57. The van der Waals surface area contributed by atoms with Crippen molar-refractivity contribution in [2.24, 2.45) is 0 Å². The maximum Gasteiger partial charge on any atom is 0.143 e. The Labute approximate surface area is 128 Å². The second kappa shape index (κ2) is 7.38. The first-order valence-corrected chi connectivity index (χ1v) is 8.13. The van der Waals surface area contributed by atoms with Crippen LogP contribution in [0, 0.1) is 3.57 Å². The summed E-state index contributed by atoms with van der Waals surface area (Å²) in [4.78, 5) is 9.49. The Kier molecular flexibility index (Phi) is 5.81. The number of halogens is 1. The van der Waals surface area contributed by atoms with Gasteiger partial charge in [-0.05, 0) is 42.4 Å². The molecule has 4 nitrogen and oxygen atoms in total. The first-order chi connectivity index (χ1) is 9.26. The number of nitrogens with zero attached hydrogens (tertiary/aromatic N) is 2. The van der Waals surface area contributed by atoms with Crippen molar-refractivity contribution in [1.29, 1.82) is 0 Å². The van der Waals surface area contributed by atoms with Gasteiger partial charge in [-0.3, -0.25) is 0 Å². The monoisotopic (exact) mass is 375 g/mol. The summed E-state index contributed by atoms with van der Waals surface area (Å²) < 4.78 is 6.35. The van der Waals surface area contributed by atoms with Crippen LogP contribution in [0.1, 0.15) is 56.5 Å². The molecular weight excluding hydrogens is 353 g/mol. The fourth-order valence-corrected chi connectivity index (χ4v) is 3.16. The Morgan fingerprint density at radius 3 is 2.63 bits per heavy atom. The summed E-state index contributed by atoms with van der Waals surface area (Å²) in [6, 6.07) is 0. The Bertz CT molecular complexity index is 392. The van der Waals surface area contributed by atoms with Crippen molar-refractivity contribution in [3.63, 3.8) is 0 Å². The third-order valence-corrected chi connectivity index (χ3v) is 4.67. The van der Waals surface area contributed by atoms with Crippen molar-refractivity contribution in [2.75, 3.05) is 19.0 Å². The normalized spacial score (nSPS) is 16.6. The van der Waals surface area contributed by atoms with E-state index in [1.54, 1.807) is 7.11 Å². The molecule has 1 heterocycles. The molecule has 0 aliphatic heterocycles. The second-order valence-electron chi connectivity index (χ2n) is 4.99. The van der Waals surface area contributed by atoms with Gasteiger partial charge in [-0.25, -0.2) is 9.97 Å². The lowest BCUT2D eigenvalue weighted by Gasteiger charge is -2.22. The van der Waals surface area contributed by atoms with Crippen LogP contribution < -0.4 is 5.32 Å². The predicted molar refractivity (Wildman–Crippen MR) is 85.5 cm³/mol. The molecule has 0 radical (unpaired) electrons. The van der Waals surface area contributed by atoms with Gasteiger partial charge < -0.3 is 10.1 Å². The Morgan fingerprint density at radius 1 is 1.26 bits per heavy atom. The molecule has 1 aromatic heterocycles. The molecule has 1 aliphatic carbocycles. The van der Waals surface area contributed by atoms with Crippen molar-refractivity contribution in [2.45, 2.75) is 51.6 Å². The molecule has 0 unspecified atom stereocenters. The van der Waals surface area contributed by atoms with Crippen molar-refractivity contribution >= 4 is 28.4 Å². The van der Waals surface area contributed by atoms with Crippen molar-refractivity contribution in [1.82, 2.24) is 9.97 Å². The number of anilines is 1. The van der Waals surface area contributed by atoms with Gasteiger partial charge in [0.05, 0.1) is 15.9 Å². The van der Waals surface area contributed by atoms with Gasteiger partial charge in [-0.15, -0.1) is 0 Å². The van der Waals surface area contributed by atoms with Crippen molar-refractivity contribution in [3.8, 4) is 0 Å². The lowest BCUT2D eigenvalue weighted by atomic mass is 9.88. The maximum absolute atomic E-state index is 5.26. The van der Waals surface area contributed by atoms with Gasteiger partial charge in [0.25, 0.3) is 0 Å². The van der Waals surface area contributed by atoms with Crippen LogP contribution in [0.25, 0.3) is 0 Å². The van der Waals surface area contributed by atoms with Gasteiger partial charge in [0.2, 0.25) is 0 Å². The molecule has 0 amide bonds. The fraction of sp³-hybridized carbons (Fsp3) is 0.714. The molecule has 1 fully saturated rings. The number of hydrogen-bond acceptors (Lipinski definition) is 4. The van der Waals surface area contributed by atoms with Gasteiger partial charge >= 0.3 is 0 Å². The van der Waals surface area contributed by atoms with E-state index in [4.69, 9.17) is 14.7 Å². The van der Waals surface area contributed by atoms with Gasteiger partial charge in [0.1, 0.15) is 11.6 Å². The molecule has 0 atom stereocenters. The van der Waals surface area contributed by atoms with Crippen LogP contribution >= 0.6 is 22.6 Å². The summed E-state index contributed by atoms with van der Waals surface area (Å²) in [7, 11) is 1.71. The molecule has 1 N–H and O–H groups in total. The minimum Gasteiger partial charge on any atom is -0.378 e. The molecule has 5 heteroatoms. The molecule has 0 saturated heterocycles. The standard InChI is InChI=1S/C14H22IN3O/c1-3-16-14-12(15)11(9-19-2)17-13(18-14)10-7-5-4-6-8-10/h10H,3-9H2,1-2H3,(H,16,17,18). The van der Waals surface area contributed by atoms with Gasteiger partial charge in [-0.2, -0.15) is 0 Å². The summed E-state index contributed by atoms with van der Waals surface area (Å²) in [5.41, 5.74) is 1.01. The van der Waals surface area contributed by atoms with Crippen molar-refractivity contribution in [3.05, 3.63) is 15.1 Å². The van der Waals surface area contributed by atoms with E-state index in [-0.39, 0.29) is 0 Å². The maximum atomic E-state index is 5.26. The zero-order valence-electron chi connectivity index (χ0n) is 11.7. The van der Waals surface area contributed by atoms with E-state index < -0.39 is 0 Å². The van der Waals surface area contributed by atoms with Crippen LogP contribution in [0.4, 0.5) is 5.82 Å². The summed E-state index contributed by atoms with van der Waals surface area (Å²) in [6.45, 7) is 3.52. The average molecular weight is 375 g/mol. The molecular formula is C14H22IN3O. The zero-order valence-corrected chi connectivity index (χ0v) is 13.9. The second-order valence-corrected chi connectivity index (χ2v) is 6.07. The van der Waals surface area contributed by atoms with E-state index in [1.807, 2.05) is 0 Å². The highest BCUT2D eigenvalue weighted by molar-refractivity contribution is 14.1. The van der Waals surface area contributed by atoms with Gasteiger partial charge in [0, 0.05) is 19.6 Å². The number of nitrogens with one attached hydrogen (secondary N) is 1. The average Bonchev–Trinajstić information content (AvgIpc) is 2.44. The van der Waals surface area contributed by atoms with E-state index in [9.17, 15) is 0 Å². The summed E-state index contributed by atoms with van der Waals surface area (Å²) in [5.74, 6) is 2.49. The quantitative estimate of drug-likeness (QED) is 0.798. The van der Waals surface area contributed by atoms with Crippen LogP contribution in [-0.4, -0.2) is 23.6 Å². The van der Waals surface area contributed by atoms with Crippen LogP contribution in [-0.2, 0) is 11.3 Å². The largest absolute Gasteiger partial charge is 0.378 e. The van der Waals surface area contributed by atoms with Crippen molar-refractivity contribution < 1.29 is 4.74 Å². The van der Waals surface area contributed by atoms with E-state index >= 15 is 0 Å². The number of rotatable bonds is 5. The smallest absolute Gasteiger partial charge is 0.143 e. The highest BCUT2D eigenvalue weighted by atomic mass is 127. The number of methoxy groups -OCH3 is 1.